The van der Waals surface area contributed by atoms with E-state index in [9.17, 15) is 22.8 Å². The van der Waals surface area contributed by atoms with E-state index in [0.29, 0.717) is 12.8 Å². The van der Waals surface area contributed by atoms with Crippen LogP contribution in [0.2, 0.25) is 0 Å². The normalized spacial score (nSPS) is 14.4. The van der Waals surface area contributed by atoms with E-state index < -0.39 is 32.6 Å². The van der Waals surface area contributed by atoms with Gasteiger partial charge in [-0.15, -0.1) is 0 Å². The molecule has 0 radical (unpaired) electrons. The van der Waals surface area contributed by atoms with E-state index in [0.717, 1.165) is 17.2 Å². The molecule has 0 bridgehead atoms. The van der Waals surface area contributed by atoms with Crippen molar-refractivity contribution in [1.82, 2.24) is 0 Å². The number of nitrogens with two attached hydrogens (primary N) is 1. The summed E-state index contributed by atoms with van der Waals surface area (Å²) in [5.74, 6) is -0.242. The van der Waals surface area contributed by atoms with Gasteiger partial charge in [0.05, 0.1) is 30.9 Å². The van der Waals surface area contributed by atoms with Gasteiger partial charge < -0.3 is 20.1 Å². The molecular formula is C22H27F3NO4P. The Morgan fingerprint density at radius 2 is 1.97 bits per heavy atom. The van der Waals surface area contributed by atoms with Crippen LogP contribution < -0.4 is 10.5 Å². The number of aliphatic hydroxyl groups is 1. The van der Waals surface area contributed by atoms with Crippen LogP contribution in [0.3, 0.4) is 0 Å². The highest BCUT2D eigenvalue weighted by Crippen LogP contribution is 2.37. The molecule has 0 aliphatic rings. The van der Waals surface area contributed by atoms with E-state index in [-0.39, 0.29) is 24.5 Å². The summed E-state index contributed by atoms with van der Waals surface area (Å²) in [5.41, 5.74) is 6.12. The maximum atomic E-state index is 13.5. The van der Waals surface area contributed by atoms with Crippen molar-refractivity contribution < 1.29 is 32.1 Å². The van der Waals surface area contributed by atoms with Crippen molar-refractivity contribution in [2.24, 2.45) is 5.73 Å². The molecule has 3 N–H and O–H groups in total. The summed E-state index contributed by atoms with van der Waals surface area (Å²) in [4.78, 5) is 0. The topological polar surface area (TPSA) is 81.8 Å². The molecule has 0 fully saturated rings. The molecule has 2 aromatic rings. The van der Waals surface area contributed by atoms with Crippen molar-refractivity contribution in [3.8, 4) is 5.75 Å². The minimum atomic E-state index is -4.60. The fourth-order valence-electron chi connectivity index (χ4n) is 2.92. The number of ether oxygens (including phenoxy) is 1. The standard InChI is InChI=1S/C22H27F3NO4P/c1-16-4-2-5-17(12-16)6-3-11-29-20-8-7-18(13-19(20)22(23,24)25)9-10-21(26,14-27)15-30-31-28/h2,4-5,7-10,12-13,27H,3,6,11,14-15,26,31H2,1H3. The number of halogens is 3. The van der Waals surface area contributed by atoms with Gasteiger partial charge in [0, 0.05) is 0 Å². The zero-order chi connectivity index (χ0) is 22.9. The summed E-state index contributed by atoms with van der Waals surface area (Å²) >= 11 is 0. The fourth-order valence-corrected chi connectivity index (χ4v) is 3.30. The molecule has 0 saturated carbocycles. The lowest BCUT2D eigenvalue weighted by molar-refractivity contribution is -0.139. The molecule has 0 aliphatic heterocycles. The summed E-state index contributed by atoms with van der Waals surface area (Å²) < 4.78 is 61.3. The number of aryl methyl sites for hydroxylation is 2. The number of benzene rings is 2. The van der Waals surface area contributed by atoms with Gasteiger partial charge in [-0.3, -0.25) is 4.57 Å². The first-order chi connectivity index (χ1) is 14.7. The van der Waals surface area contributed by atoms with Crippen molar-refractivity contribution in [1.29, 1.82) is 0 Å². The first kappa shape index (κ1) is 25.1. The smallest absolute Gasteiger partial charge is 0.419 e. The Labute approximate surface area is 181 Å². The van der Waals surface area contributed by atoms with E-state index >= 15 is 0 Å². The quantitative estimate of drug-likeness (QED) is 0.386. The van der Waals surface area contributed by atoms with Gasteiger partial charge in [-0.1, -0.05) is 48.0 Å². The monoisotopic (exact) mass is 457 g/mol. The minimum Gasteiger partial charge on any atom is -0.493 e. The first-order valence-electron chi connectivity index (χ1n) is 9.71. The molecule has 0 spiro atoms. The van der Waals surface area contributed by atoms with Gasteiger partial charge in [0.15, 0.2) is 8.69 Å². The number of aliphatic hydroxyl groups excluding tert-OH is 1. The fraction of sp³-hybridized carbons (Fsp3) is 0.364. The zero-order valence-electron chi connectivity index (χ0n) is 17.2. The van der Waals surface area contributed by atoms with E-state index in [1.54, 1.807) is 0 Å². The van der Waals surface area contributed by atoms with Gasteiger partial charge in [0.25, 0.3) is 0 Å². The Morgan fingerprint density at radius 3 is 2.61 bits per heavy atom. The lowest BCUT2D eigenvalue weighted by Crippen LogP contribution is -2.45. The minimum absolute atomic E-state index is 0.150. The van der Waals surface area contributed by atoms with Gasteiger partial charge in [-0.2, -0.15) is 13.2 Å². The molecule has 5 nitrogen and oxygen atoms in total. The van der Waals surface area contributed by atoms with Crippen molar-refractivity contribution in [3.63, 3.8) is 0 Å². The van der Waals surface area contributed by atoms with Crippen LogP contribution in [0, 0.1) is 6.92 Å². The van der Waals surface area contributed by atoms with Crippen LogP contribution in [0.4, 0.5) is 13.2 Å². The number of hydrogen-bond acceptors (Lipinski definition) is 5. The highest BCUT2D eigenvalue weighted by atomic mass is 31.1. The van der Waals surface area contributed by atoms with Crippen LogP contribution >= 0.6 is 8.69 Å². The Kier molecular flexibility index (Phi) is 9.32. The highest BCUT2D eigenvalue weighted by molar-refractivity contribution is 7.17. The lowest BCUT2D eigenvalue weighted by atomic mass is 10.0. The summed E-state index contributed by atoms with van der Waals surface area (Å²) in [7, 11) is -1.51. The van der Waals surface area contributed by atoms with Crippen molar-refractivity contribution >= 4 is 14.8 Å². The molecule has 0 amide bonds. The third kappa shape index (κ3) is 8.15. The zero-order valence-corrected chi connectivity index (χ0v) is 18.3. The number of rotatable bonds is 11. The first-order valence-corrected chi connectivity index (χ1v) is 10.6. The predicted octanol–water partition coefficient (Wildman–Crippen LogP) is 4.42. The van der Waals surface area contributed by atoms with Gasteiger partial charge in [-0.05, 0) is 43.0 Å². The lowest BCUT2D eigenvalue weighted by Gasteiger charge is -2.21. The third-order valence-corrected chi connectivity index (χ3v) is 4.88. The molecule has 0 aromatic heterocycles. The van der Waals surface area contributed by atoms with E-state index in [1.807, 2.05) is 31.2 Å². The van der Waals surface area contributed by atoms with Crippen LogP contribution in [0.25, 0.3) is 6.08 Å². The van der Waals surface area contributed by atoms with Gasteiger partial charge in [-0.25, -0.2) is 0 Å². The largest absolute Gasteiger partial charge is 0.493 e. The molecule has 0 aliphatic carbocycles. The second kappa shape index (κ2) is 11.5. The van der Waals surface area contributed by atoms with Gasteiger partial charge >= 0.3 is 6.18 Å². The van der Waals surface area contributed by atoms with Gasteiger partial charge in [0.1, 0.15) is 5.75 Å². The molecular weight excluding hydrogens is 430 g/mol. The van der Waals surface area contributed by atoms with E-state index in [2.05, 4.69) is 0 Å². The van der Waals surface area contributed by atoms with Crippen LogP contribution in [0.5, 0.6) is 5.75 Å². The Morgan fingerprint density at radius 1 is 1.19 bits per heavy atom. The van der Waals surface area contributed by atoms with E-state index in [4.69, 9.17) is 15.0 Å². The second-order valence-electron chi connectivity index (χ2n) is 7.33. The molecule has 0 saturated heterocycles. The Bertz CT molecular complexity index is 905. The Balaban J connectivity index is 2.08. The highest BCUT2D eigenvalue weighted by Gasteiger charge is 2.34. The molecule has 2 rings (SSSR count). The number of hydrogen-bond donors (Lipinski definition) is 2. The summed E-state index contributed by atoms with van der Waals surface area (Å²) in [6.07, 6.45) is -0.620. The van der Waals surface area contributed by atoms with Gasteiger partial charge in [0.2, 0.25) is 0 Å². The molecule has 31 heavy (non-hydrogen) atoms. The van der Waals surface area contributed by atoms with E-state index in [1.165, 1.54) is 24.3 Å². The second-order valence-corrected chi connectivity index (χ2v) is 7.85. The SMILES string of the molecule is Cc1cccc(CCCOc2ccc(C=CC(N)(CO)CO[PH2]=O)cc2C(F)(F)F)c1. The molecule has 0 heterocycles. The van der Waals surface area contributed by atoms with Crippen LogP contribution in [0.1, 0.15) is 28.7 Å². The van der Waals surface area contributed by atoms with Crippen molar-refractivity contribution in [3.05, 3.63) is 70.8 Å². The summed E-state index contributed by atoms with van der Waals surface area (Å²) in [5, 5.41) is 9.39. The third-order valence-electron chi connectivity index (χ3n) is 4.58. The van der Waals surface area contributed by atoms with Crippen LogP contribution in [-0.2, 0) is 21.7 Å². The average Bonchev–Trinajstić information content (AvgIpc) is 2.73. The number of alkyl halides is 3. The average molecular weight is 457 g/mol. The maximum absolute atomic E-state index is 13.5. The predicted molar refractivity (Wildman–Crippen MR) is 116 cm³/mol. The molecule has 2 unspecified atom stereocenters. The molecule has 2 atom stereocenters. The van der Waals surface area contributed by atoms with Crippen LogP contribution in [0.15, 0.2) is 48.5 Å². The van der Waals surface area contributed by atoms with Crippen molar-refractivity contribution in [2.75, 3.05) is 19.8 Å². The summed E-state index contributed by atoms with van der Waals surface area (Å²) in [6, 6.07) is 11.6. The van der Waals surface area contributed by atoms with Crippen LogP contribution in [-0.4, -0.2) is 30.5 Å². The summed E-state index contributed by atoms with van der Waals surface area (Å²) in [6.45, 7) is 1.40. The molecule has 9 heteroatoms. The maximum Gasteiger partial charge on any atom is 0.419 e. The molecule has 170 valence electrons. The van der Waals surface area contributed by atoms with Crippen molar-refractivity contribution in [2.45, 2.75) is 31.5 Å². The molecule has 2 aromatic carbocycles. The Hall–Kier alpha value is -2.12.